The Hall–Kier alpha value is -3.60. The van der Waals surface area contributed by atoms with Crippen LogP contribution in [0.25, 0.3) is 0 Å². The van der Waals surface area contributed by atoms with Crippen LogP contribution in [0.2, 0.25) is 0 Å². The summed E-state index contributed by atoms with van der Waals surface area (Å²) in [7, 11) is 1.89. The fourth-order valence-corrected chi connectivity index (χ4v) is 2.77. The molecule has 0 aliphatic rings. The van der Waals surface area contributed by atoms with Crippen LogP contribution in [0.4, 0.5) is 17.5 Å². The maximum absolute atomic E-state index is 9.56. The van der Waals surface area contributed by atoms with Gasteiger partial charge < -0.3 is 15.4 Å². The molecule has 0 saturated heterocycles. The van der Waals surface area contributed by atoms with Gasteiger partial charge in [-0.25, -0.2) is 4.98 Å². The van der Waals surface area contributed by atoms with E-state index in [1.165, 1.54) is 0 Å². The van der Waals surface area contributed by atoms with Crippen molar-refractivity contribution in [3.8, 4) is 11.8 Å². The average molecular weight is 391 g/mol. The van der Waals surface area contributed by atoms with E-state index < -0.39 is 0 Å². The van der Waals surface area contributed by atoms with E-state index in [2.05, 4.69) is 31.8 Å². The summed E-state index contributed by atoms with van der Waals surface area (Å²) in [6, 6.07) is 9.73. The van der Waals surface area contributed by atoms with Crippen LogP contribution in [0.5, 0.6) is 5.75 Å². The van der Waals surface area contributed by atoms with Crippen LogP contribution < -0.4 is 15.4 Å². The molecule has 8 heteroatoms. The van der Waals surface area contributed by atoms with Gasteiger partial charge in [0.05, 0.1) is 17.8 Å². The van der Waals surface area contributed by atoms with Crippen molar-refractivity contribution >= 4 is 17.5 Å². The molecule has 3 aromatic rings. The van der Waals surface area contributed by atoms with Crippen LogP contribution in [0.3, 0.4) is 0 Å². The Bertz CT molecular complexity index is 1010. The number of nitrogens with one attached hydrogen (secondary N) is 2. The first-order valence-corrected chi connectivity index (χ1v) is 9.37. The van der Waals surface area contributed by atoms with E-state index in [0.29, 0.717) is 35.4 Å². The lowest BCUT2D eigenvalue weighted by atomic mass is 10.1. The second kappa shape index (κ2) is 8.61. The van der Waals surface area contributed by atoms with Crippen molar-refractivity contribution in [1.82, 2.24) is 19.7 Å². The van der Waals surface area contributed by atoms with E-state index in [9.17, 15) is 5.26 Å². The Balaban J connectivity index is 1.73. The van der Waals surface area contributed by atoms with Crippen LogP contribution in [-0.2, 0) is 7.05 Å². The molecule has 0 fully saturated rings. The molecule has 0 unspecified atom stereocenters. The number of nitriles is 1. The highest BCUT2D eigenvalue weighted by atomic mass is 16.5. The standard InChI is InChI=1S/C21H25N7O/c1-13-8-19(25-20-9-16(4)28(5)27-20)26-21(18(13)10-22)24-15(3)12-29-17-7-6-14(2)23-11-17/h6-9,11,15H,12H2,1-5H3,(H2,24,25,26,27)/t15-/m0/s1. The minimum absolute atomic E-state index is 0.0670. The van der Waals surface area contributed by atoms with Crippen LogP contribution in [0.15, 0.2) is 30.5 Å². The number of nitrogens with zero attached hydrogens (tertiary/aromatic N) is 5. The van der Waals surface area contributed by atoms with Gasteiger partial charge in [0.1, 0.15) is 30.1 Å². The van der Waals surface area contributed by atoms with Crippen molar-refractivity contribution in [2.24, 2.45) is 7.05 Å². The third-order valence-corrected chi connectivity index (χ3v) is 4.47. The predicted octanol–water partition coefficient (Wildman–Crippen LogP) is 3.63. The Morgan fingerprint density at radius 1 is 1.21 bits per heavy atom. The topological polar surface area (TPSA) is 101 Å². The molecule has 0 amide bonds. The Morgan fingerprint density at radius 2 is 2.00 bits per heavy atom. The zero-order valence-electron chi connectivity index (χ0n) is 17.3. The van der Waals surface area contributed by atoms with Gasteiger partial charge in [0.15, 0.2) is 5.82 Å². The number of hydrogen-bond donors (Lipinski definition) is 2. The highest BCUT2D eigenvalue weighted by molar-refractivity contribution is 5.64. The molecular formula is C21H25N7O. The second-order valence-corrected chi connectivity index (χ2v) is 7.07. The normalized spacial score (nSPS) is 11.6. The molecule has 3 aromatic heterocycles. The van der Waals surface area contributed by atoms with Gasteiger partial charge in [-0.15, -0.1) is 0 Å². The van der Waals surface area contributed by atoms with Gasteiger partial charge in [0.25, 0.3) is 0 Å². The lowest BCUT2D eigenvalue weighted by Gasteiger charge is -2.18. The number of ether oxygens (including phenoxy) is 1. The minimum Gasteiger partial charge on any atom is -0.490 e. The number of rotatable bonds is 7. The molecule has 0 radical (unpaired) electrons. The van der Waals surface area contributed by atoms with E-state index >= 15 is 0 Å². The van der Waals surface area contributed by atoms with Gasteiger partial charge in [0.2, 0.25) is 0 Å². The molecule has 0 bridgehead atoms. The molecule has 2 N–H and O–H groups in total. The SMILES string of the molecule is Cc1ccc(OC[C@H](C)Nc2nc(Nc3cc(C)n(C)n3)cc(C)c2C#N)cn1. The lowest BCUT2D eigenvalue weighted by Crippen LogP contribution is -2.25. The fraction of sp³-hybridized carbons (Fsp3) is 0.333. The molecule has 150 valence electrons. The predicted molar refractivity (Wildman–Crippen MR) is 112 cm³/mol. The van der Waals surface area contributed by atoms with Crippen LogP contribution in [-0.4, -0.2) is 32.4 Å². The van der Waals surface area contributed by atoms with E-state index in [4.69, 9.17) is 4.74 Å². The Morgan fingerprint density at radius 3 is 2.62 bits per heavy atom. The maximum atomic E-state index is 9.56. The van der Waals surface area contributed by atoms with Gasteiger partial charge in [-0.3, -0.25) is 9.67 Å². The third kappa shape index (κ3) is 5.02. The Labute approximate surface area is 170 Å². The molecule has 8 nitrogen and oxygen atoms in total. The smallest absolute Gasteiger partial charge is 0.153 e. The summed E-state index contributed by atoms with van der Waals surface area (Å²) < 4.78 is 7.57. The van der Waals surface area contributed by atoms with Crippen molar-refractivity contribution in [2.75, 3.05) is 17.2 Å². The lowest BCUT2D eigenvalue weighted by molar-refractivity contribution is 0.302. The van der Waals surface area contributed by atoms with Gasteiger partial charge in [-0.2, -0.15) is 10.4 Å². The molecule has 0 aliphatic heterocycles. The third-order valence-electron chi connectivity index (χ3n) is 4.47. The monoisotopic (exact) mass is 391 g/mol. The van der Waals surface area contributed by atoms with Gasteiger partial charge in [-0.05, 0) is 51.5 Å². The van der Waals surface area contributed by atoms with E-state index in [-0.39, 0.29) is 6.04 Å². The van der Waals surface area contributed by atoms with Crippen molar-refractivity contribution in [3.63, 3.8) is 0 Å². The second-order valence-electron chi connectivity index (χ2n) is 7.07. The minimum atomic E-state index is -0.0670. The highest BCUT2D eigenvalue weighted by Crippen LogP contribution is 2.23. The van der Waals surface area contributed by atoms with Crippen LogP contribution in [0, 0.1) is 32.1 Å². The molecule has 1 atom stereocenters. The summed E-state index contributed by atoms with van der Waals surface area (Å²) in [5, 5.41) is 20.4. The fourth-order valence-electron chi connectivity index (χ4n) is 2.77. The summed E-state index contributed by atoms with van der Waals surface area (Å²) in [4.78, 5) is 8.81. The number of pyridine rings is 2. The number of anilines is 3. The van der Waals surface area contributed by atoms with Crippen LogP contribution in [0.1, 0.15) is 29.4 Å². The first kappa shape index (κ1) is 20.1. The first-order chi connectivity index (χ1) is 13.9. The molecule has 3 rings (SSSR count). The largest absolute Gasteiger partial charge is 0.490 e. The van der Waals surface area contributed by atoms with Crippen LogP contribution >= 0.6 is 0 Å². The van der Waals surface area contributed by atoms with Crippen molar-refractivity contribution in [2.45, 2.75) is 33.7 Å². The van der Waals surface area contributed by atoms with Gasteiger partial charge in [-0.1, -0.05) is 0 Å². The summed E-state index contributed by atoms with van der Waals surface area (Å²) >= 11 is 0. The van der Waals surface area contributed by atoms with Gasteiger partial charge in [0, 0.05) is 24.5 Å². The summed E-state index contributed by atoms with van der Waals surface area (Å²) in [6.45, 7) is 8.18. The zero-order valence-corrected chi connectivity index (χ0v) is 17.3. The summed E-state index contributed by atoms with van der Waals surface area (Å²) in [6.07, 6.45) is 1.70. The highest BCUT2D eigenvalue weighted by Gasteiger charge is 2.14. The van der Waals surface area contributed by atoms with E-state index in [1.54, 1.807) is 10.9 Å². The van der Waals surface area contributed by atoms with E-state index in [0.717, 1.165) is 17.0 Å². The molecule has 0 saturated carbocycles. The molecule has 29 heavy (non-hydrogen) atoms. The quantitative estimate of drug-likeness (QED) is 0.634. The molecule has 0 aliphatic carbocycles. The molecular weight excluding hydrogens is 366 g/mol. The Kier molecular flexibility index (Phi) is 5.98. The molecule has 0 spiro atoms. The van der Waals surface area contributed by atoms with Crippen molar-refractivity contribution < 1.29 is 4.74 Å². The average Bonchev–Trinajstić information content (AvgIpc) is 2.98. The number of aromatic nitrogens is 4. The molecule has 3 heterocycles. The number of aryl methyl sites for hydroxylation is 4. The van der Waals surface area contributed by atoms with E-state index in [1.807, 2.05) is 59.0 Å². The number of hydrogen-bond acceptors (Lipinski definition) is 7. The summed E-state index contributed by atoms with van der Waals surface area (Å²) in [5.41, 5.74) is 3.31. The van der Waals surface area contributed by atoms with Crippen molar-refractivity contribution in [1.29, 1.82) is 5.26 Å². The first-order valence-electron chi connectivity index (χ1n) is 9.37. The van der Waals surface area contributed by atoms with Crippen molar-refractivity contribution in [3.05, 3.63) is 53.0 Å². The zero-order chi connectivity index (χ0) is 21.0. The van der Waals surface area contributed by atoms with Gasteiger partial charge >= 0.3 is 0 Å². The molecule has 0 aromatic carbocycles. The maximum Gasteiger partial charge on any atom is 0.153 e. The summed E-state index contributed by atoms with van der Waals surface area (Å²) in [5.74, 6) is 2.55.